The molecule has 22 heavy (non-hydrogen) atoms. The second-order valence-electron chi connectivity index (χ2n) is 4.53. The molecule has 116 valence electrons. The number of rotatable bonds is 7. The van der Waals surface area contributed by atoms with Gasteiger partial charge in [-0.3, -0.25) is 9.59 Å². The number of carbonyl (C=O) groups excluding carboxylic acids is 2. The smallest absolute Gasteiger partial charge is 0.310 e. The highest BCUT2D eigenvalue weighted by molar-refractivity contribution is 5.96. The third kappa shape index (κ3) is 3.88. The number of ether oxygens (including phenoxy) is 3. The zero-order valence-electron chi connectivity index (χ0n) is 12.4. The maximum atomic E-state index is 11.8. The average Bonchev–Trinajstić information content (AvgIpc) is 3.07. The second kappa shape index (κ2) is 7.31. The Hall–Kier alpha value is -2.76. The number of nitrogens with one attached hydrogen (secondary N) is 1. The highest BCUT2D eigenvalue weighted by atomic mass is 16.5. The number of hydrogen-bond donors (Lipinski definition) is 1. The van der Waals surface area contributed by atoms with Gasteiger partial charge >= 0.3 is 5.97 Å². The maximum absolute atomic E-state index is 11.8. The molecule has 0 spiro atoms. The molecular weight excluding hydrogens is 286 g/mol. The number of aromatic nitrogens is 1. The Bertz CT molecular complexity index is 649. The molecule has 1 N–H and O–H groups in total. The minimum absolute atomic E-state index is 0.0539. The molecule has 0 saturated carbocycles. The number of hydrogen-bond acceptors (Lipinski definition) is 5. The summed E-state index contributed by atoms with van der Waals surface area (Å²) in [6.45, 7) is -0.285. The molecule has 0 aliphatic heterocycles. The molecular formula is C16H17NO5. The molecule has 1 aromatic heterocycles. The molecule has 0 aliphatic carbocycles. The summed E-state index contributed by atoms with van der Waals surface area (Å²) in [5.74, 6) is 0.370. The van der Waals surface area contributed by atoms with Crippen molar-refractivity contribution in [3.05, 3.63) is 47.8 Å². The van der Waals surface area contributed by atoms with Crippen LogP contribution >= 0.6 is 0 Å². The summed E-state index contributed by atoms with van der Waals surface area (Å²) in [6.07, 6.45) is 1.69. The third-order valence-electron chi connectivity index (χ3n) is 3.06. The number of esters is 1. The molecule has 0 aliphatic rings. The molecule has 2 aromatic rings. The number of ketones is 1. The van der Waals surface area contributed by atoms with Gasteiger partial charge in [-0.25, -0.2) is 0 Å². The van der Waals surface area contributed by atoms with Gasteiger partial charge in [0.2, 0.25) is 5.78 Å². The van der Waals surface area contributed by atoms with E-state index in [-0.39, 0.29) is 18.8 Å². The molecule has 0 radical (unpaired) electrons. The van der Waals surface area contributed by atoms with Crippen LogP contribution in [0.15, 0.2) is 36.5 Å². The molecule has 0 fully saturated rings. The van der Waals surface area contributed by atoms with Gasteiger partial charge in [0.15, 0.2) is 18.1 Å². The fourth-order valence-corrected chi connectivity index (χ4v) is 1.94. The fraction of sp³-hybridized carbons (Fsp3) is 0.250. The lowest BCUT2D eigenvalue weighted by atomic mass is 10.1. The summed E-state index contributed by atoms with van der Waals surface area (Å²) in [5, 5.41) is 0. The fourth-order valence-electron chi connectivity index (χ4n) is 1.94. The first kappa shape index (κ1) is 15.6. The van der Waals surface area contributed by atoms with Crippen molar-refractivity contribution in [3.63, 3.8) is 0 Å². The van der Waals surface area contributed by atoms with Crippen LogP contribution in [0.4, 0.5) is 0 Å². The Labute approximate surface area is 128 Å². The van der Waals surface area contributed by atoms with Crippen molar-refractivity contribution in [2.45, 2.75) is 6.42 Å². The van der Waals surface area contributed by atoms with Gasteiger partial charge < -0.3 is 19.2 Å². The molecule has 6 heteroatoms. The molecule has 6 nitrogen and oxygen atoms in total. The van der Waals surface area contributed by atoms with Crippen LogP contribution in [0.2, 0.25) is 0 Å². The average molecular weight is 303 g/mol. The highest BCUT2D eigenvalue weighted by Crippen LogP contribution is 2.27. The summed E-state index contributed by atoms with van der Waals surface area (Å²) in [4.78, 5) is 26.3. The largest absolute Gasteiger partial charge is 0.493 e. The number of aromatic amines is 1. The lowest BCUT2D eigenvalue weighted by molar-refractivity contribution is -0.141. The Morgan fingerprint density at radius 3 is 2.50 bits per heavy atom. The molecule has 0 atom stereocenters. The Morgan fingerprint density at radius 1 is 1.09 bits per heavy atom. The van der Waals surface area contributed by atoms with Gasteiger partial charge in [-0.15, -0.1) is 0 Å². The maximum Gasteiger partial charge on any atom is 0.310 e. The van der Waals surface area contributed by atoms with Crippen molar-refractivity contribution in [3.8, 4) is 11.5 Å². The van der Waals surface area contributed by atoms with E-state index in [9.17, 15) is 9.59 Å². The summed E-state index contributed by atoms with van der Waals surface area (Å²) in [5.41, 5.74) is 1.13. The molecule has 0 amide bonds. The minimum Gasteiger partial charge on any atom is -0.493 e. The van der Waals surface area contributed by atoms with E-state index in [1.165, 1.54) is 14.2 Å². The zero-order valence-corrected chi connectivity index (χ0v) is 12.4. The van der Waals surface area contributed by atoms with Gasteiger partial charge in [0, 0.05) is 6.20 Å². The summed E-state index contributed by atoms with van der Waals surface area (Å²) in [7, 11) is 3.06. The van der Waals surface area contributed by atoms with E-state index in [4.69, 9.17) is 14.2 Å². The Kier molecular flexibility index (Phi) is 5.19. The molecule has 0 unspecified atom stereocenters. The van der Waals surface area contributed by atoms with Gasteiger partial charge in [-0.05, 0) is 29.8 Å². The van der Waals surface area contributed by atoms with E-state index >= 15 is 0 Å². The molecule has 2 rings (SSSR count). The predicted molar refractivity (Wildman–Crippen MR) is 79.3 cm³/mol. The van der Waals surface area contributed by atoms with Crippen molar-refractivity contribution in [2.75, 3.05) is 20.8 Å². The first-order chi connectivity index (χ1) is 10.6. The van der Waals surface area contributed by atoms with Crippen LogP contribution < -0.4 is 9.47 Å². The van der Waals surface area contributed by atoms with Crippen LogP contribution in [-0.2, 0) is 16.0 Å². The quantitative estimate of drug-likeness (QED) is 0.625. The number of benzene rings is 1. The van der Waals surface area contributed by atoms with E-state index in [2.05, 4.69) is 4.98 Å². The van der Waals surface area contributed by atoms with Crippen LogP contribution in [0.1, 0.15) is 16.1 Å². The van der Waals surface area contributed by atoms with Gasteiger partial charge in [0.05, 0.1) is 26.3 Å². The van der Waals surface area contributed by atoms with E-state index < -0.39 is 5.97 Å². The topological polar surface area (TPSA) is 77.6 Å². The SMILES string of the molecule is COc1ccc(CC(=O)OCC(=O)c2ccc[nH]2)cc1OC. The van der Waals surface area contributed by atoms with Crippen molar-refractivity contribution in [2.24, 2.45) is 0 Å². The first-order valence-electron chi connectivity index (χ1n) is 6.67. The van der Waals surface area contributed by atoms with Gasteiger partial charge in [0.1, 0.15) is 0 Å². The zero-order chi connectivity index (χ0) is 15.9. The number of H-pyrrole nitrogens is 1. The van der Waals surface area contributed by atoms with Crippen LogP contribution in [0, 0.1) is 0 Å². The van der Waals surface area contributed by atoms with Crippen LogP contribution in [-0.4, -0.2) is 37.6 Å². The lowest BCUT2D eigenvalue weighted by Gasteiger charge is -2.09. The molecule has 1 heterocycles. The normalized spacial score (nSPS) is 10.1. The minimum atomic E-state index is -0.480. The molecule has 0 saturated heterocycles. The van der Waals surface area contributed by atoms with Crippen LogP contribution in [0.3, 0.4) is 0 Å². The van der Waals surface area contributed by atoms with Crippen molar-refractivity contribution in [1.29, 1.82) is 0 Å². The van der Waals surface area contributed by atoms with E-state index in [0.29, 0.717) is 17.2 Å². The van der Waals surface area contributed by atoms with E-state index in [1.807, 2.05) is 0 Å². The number of methoxy groups -OCH3 is 2. The first-order valence-corrected chi connectivity index (χ1v) is 6.67. The van der Waals surface area contributed by atoms with E-state index in [1.54, 1.807) is 36.5 Å². The second-order valence-corrected chi connectivity index (χ2v) is 4.53. The molecule has 0 bridgehead atoms. The Balaban J connectivity index is 1.90. The monoisotopic (exact) mass is 303 g/mol. The van der Waals surface area contributed by atoms with Crippen molar-refractivity contribution in [1.82, 2.24) is 4.98 Å². The van der Waals surface area contributed by atoms with Gasteiger partial charge in [-0.1, -0.05) is 6.07 Å². The Morgan fingerprint density at radius 2 is 1.86 bits per heavy atom. The van der Waals surface area contributed by atoms with E-state index in [0.717, 1.165) is 5.56 Å². The third-order valence-corrected chi connectivity index (χ3v) is 3.06. The van der Waals surface area contributed by atoms with Crippen molar-refractivity contribution >= 4 is 11.8 Å². The predicted octanol–water partition coefficient (Wildman–Crippen LogP) is 2.00. The van der Waals surface area contributed by atoms with Gasteiger partial charge in [0.25, 0.3) is 0 Å². The summed E-state index contributed by atoms with van der Waals surface area (Å²) >= 11 is 0. The van der Waals surface area contributed by atoms with Crippen LogP contribution in [0.25, 0.3) is 0 Å². The highest BCUT2D eigenvalue weighted by Gasteiger charge is 2.12. The summed E-state index contributed by atoms with van der Waals surface area (Å²) < 4.78 is 15.3. The lowest BCUT2D eigenvalue weighted by Crippen LogP contribution is -2.16. The summed E-state index contributed by atoms with van der Waals surface area (Å²) in [6, 6.07) is 8.50. The van der Waals surface area contributed by atoms with Gasteiger partial charge in [-0.2, -0.15) is 0 Å². The van der Waals surface area contributed by atoms with Crippen molar-refractivity contribution < 1.29 is 23.8 Å². The van der Waals surface area contributed by atoms with Crippen LogP contribution in [0.5, 0.6) is 11.5 Å². The molecule has 1 aromatic carbocycles. The number of Topliss-reactive ketones (excluding diaryl/α,β-unsaturated/α-hetero) is 1. The standard InChI is InChI=1S/C16H17NO5/c1-20-14-6-5-11(8-15(14)21-2)9-16(19)22-10-13(18)12-4-3-7-17-12/h3-8,17H,9-10H2,1-2H3. The number of carbonyl (C=O) groups is 2.